The van der Waals surface area contributed by atoms with Crippen molar-refractivity contribution in [3.8, 4) is 5.75 Å². The Balaban J connectivity index is 1.72. The van der Waals surface area contributed by atoms with Crippen LogP contribution in [0, 0.1) is 0 Å². The average Bonchev–Trinajstić information content (AvgIpc) is 3.09. The van der Waals surface area contributed by atoms with Gasteiger partial charge < -0.3 is 14.5 Å². The van der Waals surface area contributed by atoms with Crippen LogP contribution in [0.1, 0.15) is 24.0 Å². The largest absolute Gasteiger partial charge is 0.497 e. The second-order valence-corrected chi connectivity index (χ2v) is 6.92. The molecule has 2 aliphatic heterocycles. The summed E-state index contributed by atoms with van der Waals surface area (Å²) in [6.45, 7) is 2.22. The lowest BCUT2D eigenvalue weighted by molar-refractivity contribution is -0.137. The molecule has 0 bridgehead atoms. The number of fused-ring (bicyclic) bond motifs is 3. The molecule has 6 heteroatoms. The summed E-state index contributed by atoms with van der Waals surface area (Å²) in [6.07, 6.45) is -2.17. The molecule has 0 saturated carbocycles. The normalized spacial score (nSPS) is 19.3. The van der Waals surface area contributed by atoms with Gasteiger partial charge in [-0.1, -0.05) is 12.1 Å². The second kappa shape index (κ2) is 6.41. The van der Waals surface area contributed by atoms with E-state index in [4.69, 9.17) is 4.74 Å². The van der Waals surface area contributed by atoms with E-state index in [0.717, 1.165) is 42.9 Å². The SMILES string of the molecule is COc1cccc(CN2C[C@@H]3CCCN3c3ccc(C(F)(F)F)cc32)c1. The Bertz CT molecular complexity index is 806. The molecular formula is C20H21F3N2O. The molecule has 0 N–H and O–H groups in total. The number of hydrogen-bond acceptors (Lipinski definition) is 3. The zero-order valence-electron chi connectivity index (χ0n) is 14.6. The first-order valence-corrected chi connectivity index (χ1v) is 8.81. The minimum Gasteiger partial charge on any atom is -0.497 e. The highest BCUT2D eigenvalue weighted by Crippen LogP contribution is 2.43. The van der Waals surface area contributed by atoms with Crippen molar-refractivity contribution >= 4 is 11.4 Å². The molecule has 0 aliphatic carbocycles. The molecule has 0 spiro atoms. The summed E-state index contributed by atoms with van der Waals surface area (Å²) in [4.78, 5) is 4.34. The van der Waals surface area contributed by atoms with Gasteiger partial charge in [-0.05, 0) is 48.7 Å². The van der Waals surface area contributed by atoms with E-state index in [0.29, 0.717) is 18.3 Å². The Labute approximate surface area is 151 Å². The molecular weight excluding hydrogens is 341 g/mol. The third-order valence-electron chi connectivity index (χ3n) is 5.27. The number of hydrogen-bond donors (Lipinski definition) is 0. The molecule has 4 rings (SSSR count). The van der Waals surface area contributed by atoms with Crippen LogP contribution in [-0.2, 0) is 12.7 Å². The van der Waals surface area contributed by atoms with Crippen LogP contribution in [-0.4, -0.2) is 26.2 Å². The summed E-state index contributed by atoms with van der Waals surface area (Å²) >= 11 is 0. The van der Waals surface area contributed by atoms with Gasteiger partial charge in [0, 0.05) is 25.7 Å². The van der Waals surface area contributed by atoms with Gasteiger partial charge in [-0.25, -0.2) is 0 Å². The van der Waals surface area contributed by atoms with Crippen LogP contribution in [0.15, 0.2) is 42.5 Å². The van der Waals surface area contributed by atoms with E-state index in [1.165, 1.54) is 12.1 Å². The van der Waals surface area contributed by atoms with Gasteiger partial charge in [0.25, 0.3) is 0 Å². The summed E-state index contributed by atoms with van der Waals surface area (Å²) in [5.74, 6) is 0.756. The van der Waals surface area contributed by atoms with Crippen LogP contribution < -0.4 is 14.5 Å². The quantitative estimate of drug-likeness (QED) is 0.787. The Morgan fingerprint density at radius 3 is 2.73 bits per heavy atom. The van der Waals surface area contributed by atoms with Crippen molar-refractivity contribution < 1.29 is 17.9 Å². The minimum absolute atomic E-state index is 0.366. The maximum Gasteiger partial charge on any atom is 0.416 e. The van der Waals surface area contributed by atoms with Gasteiger partial charge in [0.1, 0.15) is 5.75 Å². The number of anilines is 2. The Kier molecular flexibility index (Phi) is 4.21. The van der Waals surface area contributed by atoms with Crippen molar-refractivity contribution in [1.82, 2.24) is 0 Å². The summed E-state index contributed by atoms with van der Waals surface area (Å²) in [6, 6.07) is 12.2. The molecule has 138 valence electrons. The molecule has 1 saturated heterocycles. The molecule has 0 unspecified atom stereocenters. The van der Waals surface area contributed by atoms with Crippen molar-refractivity contribution in [3.05, 3.63) is 53.6 Å². The maximum absolute atomic E-state index is 13.2. The number of ether oxygens (including phenoxy) is 1. The molecule has 2 aromatic rings. The van der Waals surface area contributed by atoms with E-state index >= 15 is 0 Å². The van der Waals surface area contributed by atoms with Crippen LogP contribution in [0.3, 0.4) is 0 Å². The smallest absolute Gasteiger partial charge is 0.416 e. The van der Waals surface area contributed by atoms with E-state index in [2.05, 4.69) is 9.80 Å². The highest BCUT2D eigenvalue weighted by atomic mass is 19.4. The molecule has 1 fully saturated rings. The fourth-order valence-corrected chi connectivity index (χ4v) is 4.03. The number of halogens is 3. The van der Waals surface area contributed by atoms with Crippen LogP contribution in [0.2, 0.25) is 0 Å². The van der Waals surface area contributed by atoms with Crippen molar-refractivity contribution in [1.29, 1.82) is 0 Å². The number of alkyl halides is 3. The summed E-state index contributed by atoms with van der Waals surface area (Å²) in [5, 5.41) is 0. The molecule has 2 aliphatic rings. The number of rotatable bonds is 3. The standard InChI is InChI=1S/C20H21F3N2O/c1-26-17-6-2-4-14(10-17)12-24-13-16-5-3-9-25(16)18-8-7-15(11-19(18)24)20(21,22)23/h2,4,6-8,10-11,16H,3,5,9,12-13H2,1H3/t16-/m0/s1. The fraction of sp³-hybridized carbons (Fsp3) is 0.400. The average molecular weight is 362 g/mol. The molecule has 0 aromatic heterocycles. The summed E-state index contributed by atoms with van der Waals surface area (Å²) in [7, 11) is 1.61. The van der Waals surface area contributed by atoms with Gasteiger partial charge in [0.15, 0.2) is 0 Å². The lowest BCUT2D eigenvalue weighted by Gasteiger charge is -2.41. The molecule has 0 radical (unpaired) electrons. The number of methoxy groups -OCH3 is 1. The van der Waals surface area contributed by atoms with Crippen molar-refractivity contribution in [3.63, 3.8) is 0 Å². The number of nitrogens with zero attached hydrogens (tertiary/aromatic N) is 2. The van der Waals surface area contributed by atoms with E-state index in [-0.39, 0.29) is 0 Å². The zero-order valence-corrected chi connectivity index (χ0v) is 14.6. The van der Waals surface area contributed by atoms with Crippen LogP contribution >= 0.6 is 0 Å². The van der Waals surface area contributed by atoms with Gasteiger partial charge in [-0.2, -0.15) is 13.2 Å². The van der Waals surface area contributed by atoms with Crippen molar-refractivity contribution in [2.24, 2.45) is 0 Å². The number of benzene rings is 2. The lowest BCUT2D eigenvalue weighted by atomic mass is 10.0. The molecule has 0 amide bonds. The van der Waals surface area contributed by atoms with Gasteiger partial charge in [-0.3, -0.25) is 0 Å². The third kappa shape index (κ3) is 3.08. The third-order valence-corrected chi connectivity index (χ3v) is 5.27. The second-order valence-electron chi connectivity index (χ2n) is 6.92. The molecule has 3 nitrogen and oxygen atoms in total. The van der Waals surface area contributed by atoms with E-state index in [1.54, 1.807) is 13.2 Å². The van der Waals surface area contributed by atoms with Crippen LogP contribution in [0.5, 0.6) is 5.75 Å². The van der Waals surface area contributed by atoms with Gasteiger partial charge >= 0.3 is 6.18 Å². The fourth-order valence-electron chi connectivity index (χ4n) is 4.03. The lowest BCUT2D eigenvalue weighted by Crippen LogP contribution is -2.45. The maximum atomic E-state index is 13.2. The summed E-state index contributed by atoms with van der Waals surface area (Å²) in [5.41, 5.74) is 2.01. The molecule has 2 heterocycles. The first-order valence-electron chi connectivity index (χ1n) is 8.81. The van der Waals surface area contributed by atoms with Crippen LogP contribution in [0.4, 0.5) is 24.5 Å². The van der Waals surface area contributed by atoms with Crippen LogP contribution in [0.25, 0.3) is 0 Å². The molecule has 2 aromatic carbocycles. The van der Waals surface area contributed by atoms with E-state index in [1.807, 2.05) is 24.3 Å². The van der Waals surface area contributed by atoms with Gasteiger partial charge in [0.2, 0.25) is 0 Å². The Morgan fingerprint density at radius 2 is 1.96 bits per heavy atom. The van der Waals surface area contributed by atoms with Crippen molar-refractivity contribution in [2.75, 3.05) is 30.0 Å². The highest BCUT2D eigenvalue weighted by molar-refractivity contribution is 5.75. The Hall–Kier alpha value is -2.37. The molecule has 26 heavy (non-hydrogen) atoms. The first-order chi connectivity index (χ1) is 12.5. The Morgan fingerprint density at radius 1 is 1.12 bits per heavy atom. The zero-order chi connectivity index (χ0) is 18.3. The first kappa shape index (κ1) is 17.1. The predicted molar refractivity (Wildman–Crippen MR) is 95.9 cm³/mol. The highest BCUT2D eigenvalue weighted by Gasteiger charge is 2.37. The topological polar surface area (TPSA) is 15.7 Å². The summed E-state index contributed by atoms with van der Waals surface area (Å²) < 4.78 is 45.0. The van der Waals surface area contributed by atoms with Gasteiger partial charge in [-0.15, -0.1) is 0 Å². The monoisotopic (exact) mass is 362 g/mol. The van der Waals surface area contributed by atoms with E-state index < -0.39 is 11.7 Å². The van der Waals surface area contributed by atoms with E-state index in [9.17, 15) is 13.2 Å². The van der Waals surface area contributed by atoms with Gasteiger partial charge in [0.05, 0.1) is 24.0 Å². The predicted octanol–water partition coefficient (Wildman–Crippen LogP) is 4.70. The van der Waals surface area contributed by atoms with Crippen molar-refractivity contribution in [2.45, 2.75) is 31.6 Å². The minimum atomic E-state index is -4.33. The molecule has 1 atom stereocenters.